The minimum atomic E-state index is -0.216. The Bertz CT molecular complexity index is 481. The first-order valence-electron chi connectivity index (χ1n) is 6.16. The van der Waals surface area contributed by atoms with E-state index < -0.39 is 0 Å². The lowest BCUT2D eigenvalue weighted by atomic mass is 10.1. The Morgan fingerprint density at radius 3 is 3.00 bits per heavy atom. The smallest absolute Gasteiger partial charge is 0.124 e. The second-order valence-corrected chi connectivity index (χ2v) is 5.15. The second-order valence-electron chi connectivity index (χ2n) is 4.71. The van der Waals surface area contributed by atoms with Crippen LogP contribution in [0.2, 0.25) is 5.02 Å². The predicted molar refractivity (Wildman–Crippen MR) is 76.1 cm³/mol. The highest BCUT2D eigenvalue weighted by molar-refractivity contribution is 6.31. The summed E-state index contributed by atoms with van der Waals surface area (Å²) < 4.78 is 5.51. The molecule has 0 amide bonds. The number of ether oxygens (including phenoxy) is 1. The topological polar surface area (TPSA) is 82.6 Å². The van der Waals surface area contributed by atoms with Crippen LogP contribution in [0.1, 0.15) is 12.5 Å². The summed E-state index contributed by atoms with van der Waals surface area (Å²) in [6, 6.07) is 5.48. The molecule has 2 unspecified atom stereocenters. The number of halogens is 1. The number of amidine groups is 1. The van der Waals surface area contributed by atoms with Gasteiger partial charge in [-0.1, -0.05) is 11.6 Å². The quantitative estimate of drug-likeness (QED) is 0.575. The minimum absolute atomic E-state index is 0.0169. The molecule has 4 N–H and O–H groups in total. The Morgan fingerprint density at radius 2 is 2.37 bits per heavy atom. The monoisotopic (exact) mass is 283 g/mol. The Hall–Kier alpha value is -1.30. The minimum Gasteiger partial charge on any atom is -0.394 e. The van der Waals surface area contributed by atoms with Crippen molar-refractivity contribution in [2.24, 2.45) is 5.73 Å². The van der Waals surface area contributed by atoms with Gasteiger partial charge in [-0.25, -0.2) is 0 Å². The Labute approximate surface area is 117 Å². The van der Waals surface area contributed by atoms with Crippen LogP contribution < -0.4 is 10.6 Å². The van der Waals surface area contributed by atoms with Gasteiger partial charge in [0.15, 0.2) is 0 Å². The van der Waals surface area contributed by atoms with E-state index in [-0.39, 0.29) is 24.6 Å². The summed E-state index contributed by atoms with van der Waals surface area (Å²) in [7, 11) is 0. The van der Waals surface area contributed by atoms with E-state index in [0.717, 1.165) is 5.69 Å². The van der Waals surface area contributed by atoms with Crippen LogP contribution in [0, 0.1) is 5.41 Å². The molecule has 2 rings (SSSR count). The third kappa shape index (κ3) is 3.00. The molecule has 1 aliphatic rings. The van der Waals surface area contributed by atoms with Gasteiger partial charge >= 0.3 is 0 Å². The van der Waals surface area contributed by atoms with Gasteiger partial charge in [0.2, 0.25) is 0 Å². The Kier molecular flexibility index (Phi) is 4.29. The molecule has 0 saturated carbocycles. The van der Waals surface area contributed by atoms with E-state index in [1.807, 2.05) is 13.0 Å². The maximum absolute atomic E-state index is 9.22. The number of nitrogens with zero attached hydrogens (tertiary/aromatic N) is 1. The van der Waals surface area contributed by atoms with Crippen LogP contribution in [0.25, 0.3) is 0 Å². The number of benzene rings is 1. The molecule has 104 valence electrons. The lowest BCUT2D eigenvalue weighted by Gasteiger charge is -2.40. The molecule has 19 heavy (non-hydrogen) atoms. The van der Waals surface area contributed by atoms with Crippen LogP contribution in [0.15, 0.2) is 18.2 Å². The van der Waals surface area contributed by atoms with Crippen molar-refractivity contribution in [3.63, 3.8) is 0 Å². The first-order valence-corrected chi connectivity index (χ1v) is 6.53. The largest absolute Gasteiger partial charge is 0.394 e. The zero-order valence-corrected chi connectivity index (χ0v) is 11.5. The van der Waals surface area contributed by atoms with Crippen molar-refractivity contribution >= 4 is 23.1 Å². The Balaban J connectivity index is 2.36. The highest BCUT2D eigenvalue weighted by Gasteiger charge is 2.27. The molecule has 1 fully saturated rings. The fourth-order valence-corrected chi connectivity index (χ4v) is 2.41. The SMILES string of the molecule is CC1COC(CO)CN1c1ccc(Cl)cc1C(=N)N. The lowest BCUT2D eigenvalue weighted by Crippen LogP contribution is -2.50. The molecular formula is C13H18ClN3O2. The second kappa shape index (κ2) is 5.77. The summed E-state index contributed by atoms with van der Waals surface area (Å²) >= 11 is 5.96. The Morgan fingerprint density at radius 1 is 1.63 bits per heavy atom. The van der Waals surface area contributed by atoms with Gasteiger partial charge in [-0.05, 0) is 25.1 Å². The van der Waals surface area contributed by atoms with Crippen LogP contribution >= 0.6 is 11.6 Å². The van der Waals surface area contributed by atoms with Crippen molar-refractivity contribution in [1.29, 1.82) is 5.41 Å². The first-order chi connectivity index (χ1) is 9.02. The normalized spacial score (nSPS) is 23.4. The average molecular weight is 284 g/mol. The van der Waals surface area contributed by atoms with E-state index >= 15 is 0 Å². The van der Waals surface area contributed by atoms with Crippen LogP contribution in [-0.4, -0.2) is 42.8 Å². The molecule has 1 aliphatic heterocycles. The highest BCUT2D eigenvalue weighted by Crippen LogP contribution is 2.28. The van der Waals surface area contributed by atoms with Crippen LogP contribution in [0.5, 0.6) is 0 Å². The van der Waals surface area contributed by atoms with Crippen LogP contribution in [0.3, 0.4) is 0 Å². The number of morpholine rings is 1. The number of nitrogen functional groups attached to an aromatic ring is 1. The zero-order valence-electron chi connectivity index (χ0n) is 10.8. The zero-order chi connectivity index (χ0) is 14.0. The van der Waals surface area contributed by atoms with Crippen molar-refractivity contribution in [1.82, 2.24) is 0 Å². The van der Waals surface area contributed by atoms with Crippen LogP contribution in [-0.2, 0) is 4.74 Å². The molecule has 1 heterocycles. The van der Waals surface area contributed by atoms with Gasteiger partial charge in [0, 0.05) is 28.9 Å². The molecule has 0 bridgehead atoms. The van der Waals surface area contributed by atoms with Gasteiger partial charge < -0.3 is 20.5 Å². The van der Waals surface area contributed by atoms with Crippen molar-refractivity contribution in [2.75, 3.05) is 24.7 Å². The predicted octanol–water partition coefficient (Wildman–Crippen LogP) is 1.21. The molecule has 1 saturated heterocycles. The number of aliphatic hydroxyl groups is 1. The number of nitrogens with one attached hydrogen (secondary N) is 1. The third-order valence-corrected chi connectivity index (χ3v) is 3.50. The summed E-state index contributed by atoms with van der Waals surface area (Å²) in [5, 5.41) is 17.4. The van der Waals surface area contributed by atoms with Crippen LogP contribution in [0.4, 0.5) is 5.69 Å². The van der Waals surface area contributed by atoms with Crippen molar-refractivity contribution in [3.05, 3.63) is 28.8 Å². The van der Waals surface area contributed by atoms with Gasteiger partial charge in [-0.3, -0.25) is 5.41 Å². The fourth-order valence-electron chi connectivity index (χ4n) is 2.24. The van der Waals surface area contributed by atoms with E-state index in [1.165, 1.54) is 0 Å². The fraction of sp³-hybridized carbons (Fsp3) is 0.462. The number of rotatable bonds is 3. The molecule has 1 aromatic rings. The van der Waals surface area contributed by atoms with Gasteiger partial charge in [0.05, 0.1) is 19.3 Å². The molecule has 2 atom stereocenters. The molecule has 0 aromatic heterocycles. The average Bonchev–Trinajstić information content (AvgIpc) is 2.39. The maximum atomic E-state index is 9.22. The van der Waals surface area contributed by atoms with Crippen molar-refractivity contribution in [3.8, 4) is 0 Å². The van der Waals surface area contributed by atoms with Crippen molar-refractivity contribution in [2.45, 2.75) is 19.1 Å². The number of aliphatic hydroxyl groups excluding tert-OH is 1. The van der Waals surface area contributed by atoms with Gasteiger partial charge in [-0.2, -0.15) is 0 Å². The van der Waals surface area contributed by atoms with E-state index in [4.69, 9.17) is 27.5 Å². The highest BCUT2D eigenvalue weighted by atomic mass is 35.5. The van der Waals surface area contributed by atoms with E-state index in [0.29, 0.717) is 23.7 Å². The third-order valence-electron chi connectivity index (χ3n) is 3.27. The molecule has 0 spiro atoms. The van der Waals surface area contributed by atoms with E-state index in [9.17, 15) is 5.11 Å². The van der Waals surface area contributed by atoms with Gasteiger partial charge in [-0.15, -0.1) is 0 Å². The number of hydrogen-bond donors (Lipinski definition) is 3. The molecule has 0 aliphatic carbocycles. The molecule has 0 radical (unpaired) electrons. The molecule has 1 aromatic carbocycles. The van der Waals surface area contributed by atoms with E-state index in [2.05, 4.69) is 4.90 Å². The standard InChI is InChI=1S/C13H18ClN3O2/c1-8-7-19-10(6-18)5-17(8)12-3-2-9(14)4-11(12)13(15)16/h2-4,8,10,18H,5-7H2,1H3,(H3,15,16). The molecule has 5 nitrogen and oxygen atoms in total. The number of anilines is 1. The lowest BCUT2D eigenvalue weighted by molar-refractivity contribution is -0.0103. The van der Waals surface area contributed by atoms with E-state index in [1.54, 1.807) is 12.1 Å². The summed E-state index contributed by atoms with van der Waals surface area (Å²) in [5.41, 5.74) is 7.08. The summed E-state index contributed by atoms with van der Waals surface area (Å²) in [5.74, 6) is -0.0169. The summed E-state index contributed by atoms with van der Waals surface area (Å²) in [6.07, 6.45) is -0.216. The van der Waals surface area contributed by atoms with Gasteiger partial charge in [0.1, 0.15) is 5.84 Å². The number of hydrogen-bond acceptors (Lipinski definition) is 4. The summed E-state index contributed by atoms with van der Waals surface area (Å²) in [6.45, 7) is 3.11. The number of nitrogens with two attached hydrogens (primary N) is 1. The van der Waals surface area contributed by atoms with Gasteiger partial charge in [0.25, 0.3) is 0 Å². The van der Waals surface area contributed by atoms with Crippen molar-refractivity contribution < 1.29 is 9.84 Å². The molecule has 6 heteroatoms. The molecular weight excluding hydrogens is 266 g/mol. The summed E-state index contributed by atoms with van der Waals surface area (Å²) in [4.78, 5) is 2.09. The first kappa shape index (κ1) is 14.1. The maximum Gasteiger partial charge on any atom is 0.124 e.